The average Bonchev–Trinajstić information content (AvgIpc) is 3.72. The van der Waals surface area contributed by atoms with Crippen molar-refractivity contribution in [3.8, 4) is 11.1 Å². The SMILES string of the molecule is CC.CC.CC1CC1c1cc2ccccc2cc1-c1ccc(Cc2ccccc2)cc1.Cc1ccccc1. The van der Waals surface area contributed by atoms with Gasteiger partial charge in [-0.1, -0.05) is 155 Å². The normalized spacial score (nSPS) is 15.1. The van der Waals surface area contributed by atoms with E-state index in [9.17, 15) is 0 Å². The predicted octanol–water partition coefficient (Wildman–Crippen LogP) is 11.3. The van der Waals surface area contributed by atoms with Crippen molar-refractivity contribution >= 4 is 10.8 Å². The van der Waals surface area contributed by atoms with Crippen LogP contribution in [0.2, 0.25) is 0 Å². The molecule has 0 aromatic heterocycles. The van der Waals surface area contributed by atoms with Gasteiger partial charge >= 0.3 is 0 Å². The molecule has 0 amide bonds. The zero-order valence-corrected chi connectivity index (χ0v) is 24.1. The van der Waals surface area contributed by atoms with Gasteiger partial charge in [-0.05, 0) is 76.3 Å². The summed E-state index contributed by atoms with van der Waals surface area (Å²) >= 11 is 0. The lowest BCUT2D eigenvalue weighted by molar-refractivity contribution is 0.917. The van der Waals surface area contributed by atoms with Crippen LogP contribution in [0, 0.1) is 12.8 Å². The third kappa shape index (κ3) is 7.93. The van der Waals surface area contributed by atoms with Crippen LogP contribution in [0.3, 0.4) is 0 Å². The van der Waals surface area contributed by atoms with Crippen LogP contribution in [0.4, 0.5) is 0 Å². The van der Waals surface area contributed by atoms with Crippen LogP contribution in [0.1, 0.15) is 69.2 Å². The molecule has 38 heavy (non-hydrogen) atoms. The number of hydrogen-bond donors (Lipinski definition) is 0. The first-order valence-electron chi connectivity index (χ1n) is 14.3. The first-order chi connectivity index (χ1) is 18.7. The van der Waals surface area contributed by atoms with Gasteiger partial charge in [0.05, 0.1) is 0 Å². The van der Waals surface area contributed by atoms with E-state index in [4.69, 9.17) is 0 Å². The van der Waals surface area contributed by atoms with E-state index in [0.717, 1.165) is 12.3 Å². The van der Waals surface area contributed by atoms with Crippen molar-refractivity contribution < 1.29 is 0 Å². The van der Waals surface area contributed by atoms with E-state index >= 15 is 0 Å². The number of aryl methyl sites for hydroxylation is 1. The van der Waals surface area contributed by atoms with Crippen LogP contribution >= 0.6 is 0 Å². The van der Waals surface area contributed by atoms with Crippen LogP contribution < -0.4 is 0 Å². The van der Waals surface area contributed by atoms with Crippen molar-refractivity contribution in [2.24, 2.45) is 5.92 Å². The van der Waals surface area contributed by atoms with E-state index in [-0.39, 0.29) is 0 Å². The maximum atomic E-state index is 2.43. The summed E-state index contributed by atoms with van der Waals surface area (Å²) in [4.78, 5) is 0. The van der Waals surface area contributed by atoms with Crippen LogP contribution in [0.25, 0.3) is 21.9 Å². The highest BCUT2D eigenvalue weighted by molar-refractivity contribution is 5.89. The highest BCUT2D eigenvalue weighted by Crippen LogP contribution is 2.50. The molecule has 2 unspecified atom stereocenters. The monoisotopic (exact) mass is 500 g/mol. The minimum Gasteiger partial charge on any atom is -0.0683 e. The predicted molar refractivity (Wildman–Crippen MR) is 169 cm³/mol. The van der Waals surface area contributed by atoms with Gasteiger partial charge in [0.15, 0.2) is 0 Å². The highest BCUT2D eigenvalue weighted by atomic mass is 14.4. The Hall–Kier alpha value is -3.64. The average molecular weight is 501 g/mol. The van der Waals surface area contributed by atoms with Gasteiger partial charge in [-0.25, -0.2) is 0 Å². The Morgan fingerprint density at radius 3 is 1.55 bits per heavy atom. The molecule has 1 aliphatic rings. The molecule has 0 spiro atoms. The molecule has 5 aromatic rings. The second-order valence-corrected chi connectivity index (χ2v) is 9.62. The van der Waals surface area contributed by atoms with Crippen molar-refractivity contribution in [1.29, 1.82) is 0 Å². The fourth-order valence-corrected chi connectivity index (χ4v) is 4.74. The minimum atomic E-state index is 0.716. The van der Waals surface area contributed by atoms with Gasteiger partial charge in [-0.3, -0.25) is 0 Å². The molecule has 1 aliphatic carbocycles. The maximum Gasteiger partial charge on any atom is -0.00258 e. The quantitative estimate of drug-likeness (QED) is 0.230. The molecule has 6 rings (SSSR count). The van der Waals surface area contributed by atoms with Gasteiger partial charge in [0.1, 0.15) is 0 Å². The Morgan fingerprint density at radius 2 is 1.05 bits per heavy atom. The molecule has 0 nitrogen and oxygen atoms in total. The first kappa shape index (κ1) is 28.9. The minimum absolute atomic E-state index is 0.716. The molecule has 0 heterocycles. The van der Waals surface area contributed by atoms with Gasteiger partial charge < -0.3 is 0 Å². The van der Waals surface area contributed by atoms with Crippen molar-refractivity contribution in [2.45, 2.75) is 60.3 Å². The Morgan fingerprint density at radius 1 is 0.579 bits per heavy atom. The van der Waals surface area contributed by atoms with Crippen LogP contribution in [-0.4, -0.2) is 0 Å². The molecule has 196 valence electrons. The van der Waals surface area contributed by atoms with Crippen LogP contribution in [0.15, 0.2) is 121 Å². The first-order valence-corrected chi connectivity index (χ1v) is 14.3. The molecule has 2 atom stereocenters. The lowest BCUT2D eigenvalue weighted by atomic mass is 9.91. The zero-order chi connectivity index (χ0) is 27.3. The second-order valence-electron chi connectivity index (χ2n) is 9.62. The zero-order valence-electron chi connectivity index (χ0n) is 24.1. The van der Waals surface area contributed by atoms with Crippen molar-refractivity contribution in [3.63, 3.8) is 0 Å². The number of rotatable bonds is 4. The van der Waals surface area contributed by atoms with Gasteiger partial charge in [0.25, 0.3) is 0 Å². The van der Waals surface area contributed by atoms with E-state index in [2.05, 4.69) is 117 Å². The number of fused-ring (bicyclic) bond motifs is 1. The van der Waals surface area contributed by atoms with Gasteiger partial charge in [0, 0.05) is 0 Å². The summed E-state index contributed by atoms with van der Waals surface area (Å²) in [7, 11) is 0. The third-order valence-electron chi connectivity index (χ3n) is 6.88. The summed E-state index contributed by atoms with van der Waals surface area (Å²) < 4.78 is 0. The Kier molecular flexibility index (Phi) is 11.4. The van der Waals surface area contributed by atoms with Crippen molar-refractivity contribution in [3.05, 3.63) is 144 Å². The topological polar surface area (TPSA) is 0 Å². The third-order valence-corrected chi connectivity index (χ3v) is 6.88. The number of benzene rings is 5. The number of hydrogen-bond acceptors (Lipinski definition) is 0. The molecule has 1 fully saturated rings. The molecular formula is C38H44. The molecule has 0 N–H and O–H groups in total. The van der Waals surface area contributed by atoms with Crippen LogP contribution in [-0.2, 0) is 6.42 Å². The van der Waals surface area contributed by atoms with Gasteiger partial charge in [-0.15, -0.1) is 0 Å². The molecule has 0 bridgehead atoms. The second kappa shape index (κ2) is 14.9. The molecule has 0 saturated heterocycles. The molecule has 1 saturated carbocycles. The van der Waals surface area contributed by atoms with Crippen LogP contribution in [0.5, 0.6) is 0 Å². The Labute approximate surface area is 231 Å². The summed E-state index contributed by atoms with van der Waals surface area (Å²) in [6.07, 6.45) is 2.31. The summed E-state index contributed by atoms with van der Waals surface area (Å²) in [6, 6.07) is 43.7. The maximum absolute atomic E-state index is 2.43. The summed E-state index contributed by atoms with van der Waals surface area (Å²) in [5, 5.41) is 2.69. The fraction of sp³-hybridized carbons (Fsp3) is 0.263. The molecule has 0 heteroatoms. The summed E-state index contributed by atoms with van der Waals surface area (Å²) in [5.74, 6) is 1.52. The fourth-order valence-electron chi connectivity index (χ4n) is 4.74. The smallest absolute Gasteiger partial charge is 0.00258 e. The Bertz CT molecular complexity index is 1350. The molecule has 0 radical (unpaired) electrons. The van der Waals surface area contributed by atoms with E-state index in [1.807, 2.05) is 45.9 Å². The molecular weight excluding hydrogens is 456 g/mol. The molecule has 0 aliphatic heterocycles. The lowest BCUT2D eigenvalue weighted by Crippen LogP contribution is -1.92. The van der Waals surface area contributed by atoms with Crippen molar-refractivity contribution in [1.82, 2.24) is 0 Å². The van der Waals surface area contributed by atoms with E-state index in [0.29, 0.717) is 5.92 Å². The van der Waals surface area contributed by atoms with E-state index < -0.39 is 0 Å². The lowest BCUT2D eigenvalue weighted by Gasteiger charge is -2.13. The Balaban J connectivity index is 0.000000310. The van der Waals surface area contributed by atoms with E-state index in [1.165, 1.54) is 50.6 Å². The highest BCUT2D eigenvalue weighted by Gasteiger charge is 2.35. The largest absolute Gasteiger partial charge is 0.0683 e. The standard InChI is InChI=1S/C27H24.C7H8.2C2H6/c1-19-15-25(19)27-18-24-10-6-5-9-23(24)17-26(27)22-13-11-21(12-14-22)16-20-7-3-2-4-8-20;1-7-5-3-2-4-6-7;2*1-2/h2-14,17-19,25H,15-16H2,1H3;2-6H,1H3;2*1-2H3. The summed E-state index contributed by atoms with van der Waals surface area (Å²) in [6.45, 7) is 12.5. The van der Waals surface area contributed by atoms with Crippen molar-refractivity contribution in [2.75, 3.05) is 0 Å². The summed E-state index contributed by atoms with van der Waals surface area (Å²) in [5.41, 5.74) is 8.33. The van der Waals surface area contributed by atoms with Gasteiger partial charge in [0.2, 0.25) is 0 Å². The molecule has 5 aromatic carbocycles. The van der Waals surface area contributed by atoms with Gasteiger partial charge in [-0.2, -0.15) is 0 Å². The van der Waals surface area contributed by atoms with E-state index in [1.54, 1.807) is 0 Å².